The Bertz CT molecular complexity index is 1850. The molecular formula is C76H148O17P2. The first-order chi connectivity index (χ1) is 45.7. The van der Waals surface area contributed by atoms with Crippen molar-refractivity contribution in [2.24, 2.45) is 17.8 Å². The molecule has 0 amide bonds. The molecule has 564 valence electrons. The van der Waals surface area contributed by atoms with Gasteiger partial charge < -0.3 is 33.8 Å². The molecule has 0 spiro atoms. The number of aliphatic hydroxyl groups excluding tert-OH is 1. The highest BCUT2D eigenvalue weighted by atomic mass is 31.2. The highest BCUT2D eigenvalue weighted by Crippen LogP contribution is 2.45. The van der Waals surface area contributed by atoms with Crippen molar-refractivity contribution in [2.75, 3.05) is 39.6 Å². The number of hydrogen-bond donors (Lipinski definition) is 3. The lowest BCUT2D eigenvalue weighted by Gasteiger charge is -2.21. The predicted octanol–water partition coefficient (Wildman–Crippen LogP) is 22.2. The molecule has 0 heterocycles. The third-order valence-corrected chi connectivity index (χ3v) is 19.5. The number of esters is 4. The molecule has 95 heavy (non-hydrogen) atoms. The summed E-state index contributed by atoms with van der Waals surface area (Å²) in [4.78, 5) is 72.8. The Morgan fingerprint density at radius 2 is 0.484 bits per heavy atom. The van der Waals surface area contributed by atoms with Gasteiger partial charge in [-0.1, -0.05) is 337 Å². The zero-order valence-electron chi connectivity index (χ0n) is 62.1. The smallest absolute Gasteiger partial charge is 0.462 e. The molecule has 0 aliphatic heterocycles. The molecule has 0 aliphatic carbocycles. The van der Waals surface area contributed by atoms with Gasteiger partial charge in [-0.15, -0.1) is 0 Å². The number of rotatable bonds is 74. The van der Waals surface area contributed by atoms with E-state index in [0.717, 1.165) is 108 Å². The SMILES string of the molecule is CCCCCCCCCCCCCC(=O)OC[C@H](COP(=O)(O)OC[C@H](O)COP(=O)(O)OC[C@@H](COC(=O)CCCCCCCCCCCCCC(C)C)OC(=O)CCCCCCCCCCCCCCCC(C)C)OC(=O)CCCCCCCCCCCCCC(C)C. The predicted molar refractivity (Wildman–Crippen MR) is 386 cm³/mol. The quantitative estimate of drug-likeness (QED) is 0.0222. The van der Waals surface area contributed by atoms with Crippen LogP contribution in [0, 0.1) is 17.8 Å². The molecule has 0 saturated heterocycles. The van der Waals surface area contributed by atoms with E-state index in [1.165, 1.54) is 199 Å². The van der Waals surface area contributed by atoms with E-state index in [1.807, 2.05) is 0 Å². The highest BCUT2D eigenvalue weighted by molar-refractivity contribution is 7.47. The van der Waals surface area contributed by atoms with Crippen LogP contribution in [0.4, 0.5) is 0 Å². The molecule has 19 heteroatoms. The van der Waals surface area contributed by atoms with Gasteiger partial charge >= 0.3 is 39.5 Å². The molecular weight excluding hydrogens is 1250 g/mol. The molecule has 0 rings (SSSR count). The van der Waals surface area contributed by atoms with Crippen molar-refractivity contribution in [3.8, 4) is 0 Å². The van der Waals surface area contributed by atoms with E-state index < -0.39 is 97.5 Å². The fourth-order valence-electron chi connectivity index (χ4n) is 11.6. The molecule has 17 nitrogen and oxygen atoms in total. The number of hydrogen-bond acceptors (Lipinski definition) is 15. The Labute approximate surface area is 581 Å². The minimum Gasteiger partial charge on any atom is -0.462 e. The van der Waals surface area contributed by atoms with Crippen LogP contribution in [0.15, 0.2) is 0 Å². The molecule has 0 aromatic carbocycles. The fraction of sp³-hybridized carbons (Fsp3) is 0.947. The standard InChI is InChI=1S/C76H148O17P2/c1-8-9-10-11-12-13-19-29-36-43-50-57-73(78)86-63-71(93-76(81)60-53-46-39-32-25-18-22-28-35-42-49-56-69(6)7)65-90-94(82,83)88-61-70(77)62-89-95(84,85)91-66-72(64-87-74(79)58-51-44-37-30-24-17-21-27-34-41-48-55-68(4)5)92-75(80)59-52-45-38-31-23-16-14-15-20-26-33-40-47-54-67(2)3/h67-72,77H,8-66H2,1-7H3,(H,82,83)(H,84,85)/t70-,71+,72+/m0/s1. The summed E-state index contributed by atoms with van der Waals surface area (Å²) >= 11 is 0. The van der Waals surface area contributed by atoms with Crippen molar-refractivity contribution >= 4 is 39.5 Å². The van der Waals surface area contributed by atoms with E-state index in [1.54, 1.807) is 0 Å². The normalized spacial score (nSPS) is 14.1. The van der Waals surface area contributed by atoms with Crippen LogP contribution < -0.4 is 0 Å². The minimum absolute atomic E-state index is 0.106. The first-order valence-electron chi connectivity index (χ1n) is 39.3. The number of carbonyl (C=O) groups is 4. The second-order valence-corrected chi connectivity index (χ2v) is 31.7. The van der Waals surface area contributed by atoms with Gasteiger partial charge in [-0.25, -0.2) is 9.13 Å². The maximum absolute atomic E-state index is 13.1. The monoisotopic (exact) mass is 1400 g/mol. The van der Waals surface area contributed by atoms with Gasteiger partial charge in [-0.2, -0.15) is 0 Å². The number of ether oxygens (including phenoxy) is 4. The van der Waals surface area contributed by atoms with Gasteiger partial charge in [0, 0.05) is 25.7 Å². The summed E-state index contributed by atoms with van der Waals surface area (Å²) in [5, 5.41) is 10.6. The summed E-state index contributed by atoms with van der Waals surface area (Å²) in [6.45, 7) is 11.9. The van der Waals surface area contributed by atoms with Gasteiger partial charge in [0.15, 0.2) is 12.2 Å². The Kier molecular flexibility index (Phi) is 65.2. The van der Waals surface area contributed by atoms with E-state index in [4.69, 9.17) is 37.0 Å². The van der Waals surface area contributed by atoms with Crippen LogP contribution in [0.25, 0.3) is 0 Å². The molecule has 0 aromatic rings. The zero-order chi connectivity index (χ0) is 70.1. The van der Waals surface area contributed by atoms with E-state index >= 15 is 0 Å². The van der Waals surface area contributed by atoms with E-state index in [0.29, 0.717) is 25.7 Å². The Morgan fingerprint density at radius 1 is 0.284 bits per heavy atom. The third kappa shape index (κ3) is 70.3. The number of phosphoric ester groups is 2. The molecule has 0 bridgehead atoms. The molecule has 0 radical (unpaired) electrons. The van der Waals surface area contributed by atoms with Gasteiger partial charge in [-0.3, -0.25) is 37.3 Å². The van der Waals surface area contributed by atoms with Crippen LogP contribution in [0.2, 0.25) is 0 Å². The van der Waals surface area contributed by atoms with Gasteiger partial charge in [0.1, 0.15) is 19.3 Å². The summed E-state index contributed by atoms with van der Waals surface area (Å²) in [5.74, 6) is 0.207. The van der Waals surface area contributed by atoms with Crippen molar-refractivity contribution in [3.05, 3.63) is 0 Å². The summed E-state index contributed by atoms with van der Waals surface area (Å²) < 4.78 is 68.6. The van der Waals surface area contributed by atoms with Crippen molar-refractivity contribution in [1.82, 2.24) is 0 Å². The number of aliphatic hydroxyl groups is 1. The Balaban J connectivity index is 5.26. The summed E-state index contributed by atoms with van der Waals surface area (Å²) in [6, 6.07) is 0. The van der Waals surface area contributed by atoms with E-state index in [2.05, 4.69) is 48.5 Å². The van der Waals surface area contributed by atoms with Crippen LogP contribution in [0.3, 0.4) is 0 Å². The molecule has 0 fully saturated rings. The average molecular weight is 1400 g/mol. The number of unbranched alkanes of at least 4 members (excludes halogenated alkanes) is 42. The van der Waals surface area contributed by atoms with Gasteiger partial charge in [0.25, 0.3) is 0 Å². The zero-order valence-corrected chi connectivity index (χ0v) is 63.9. The fourth-order valence-corrected chi connectivity index (χ4v) is 13.2. The third-order valence-electron chi connectivity index (χ3n) is 17.6. The Hall–Kier alpha value is -1.94. The number of carbonyl (C=O) groups excluding carboxylic acids is 4. The number of phosphoric acid groups is 2. The lowest BCUT2D eigenvalue weighted by Crippen LogP contribution is -2.30. The maximum atomic E-state index is 13.1. The van der Waals surface area contributed by atoms with Crippen molar-refractivity contribution in [3.63, 3.8) is 0 Å². The van der Waals surface area contributed by atoms with Crippen molar-refractivity contribution < 1.29 is 80.2 Å². The maximum Gasteiger partial charge on any atom is 0.472 e. The lowest BCUT2D eigenvalue weighted by molar-refractivity contribution is -0.161. The molecule has 2 unspecified atom stereocenters. The van der Waals surface area contributed by atoms with Crippen LogP contribution in [-0.2, 0) is 65.4 Å². The second kappa shape index (κ2) is 66.6. The highest BCUT2D eigenvalue weighted by Gasteiger charge is 2.30. The van der Waals surface area contributed by atoms with Crippen molar-refractivity contribution in [2.45, 2.75) is 407 Å². The molecule has 0 saturated carbocycles. The van der Waals surface area contributed by atoms with Gasteiger partial charge in [0.05, 0.1) is 26.4 Å². The molecule has 5 atom stereocenters. The average Bonchev–Trinajstić information content (AvgIpc) is 1.56. The molecule has 3 N–H and O–H groups in total. The van der Waals surface area contributed by atoms with Crippen LogP contribution in [0.5, 0.6) is 0 Å². The summed E-state index contributed by atoms with van der Waals surface area (Å²) in [7, 11) is -9.91. The van der Waals surface area contributed by atoms with Crippen LogP contribution in [0.1, 0.15) is 389 Å². The summed E-state index contributed by atoms with van der Waals surface area (Å²) in [5.41, 5.74) is 0. The first kappa shape index (κ1) is 93.1. The van der Waals surface area contributed by atoms with Crippen LogP contribution in [-0.4, -0.2) is 96.7 Å². The van der Waals surface area contributed by atoms with Gasteiger partial charge in [0.2, 0.25) is 0 Å². The van der Waals surface area contributed by atoms with Gasteiger partial charge in [-0.05, 0) is 43.4 Å². The van der Waals surface area contributed by atoms with Crippen molar-refractivity contribution in [1.29, 1.82) is 0 Å². The molecule has 0 aromatic heterocycles. The topological polar surface area (TPSA) is 237 Å². The molecule has 0 aliphatic rings. The Morgan fingerprint density at radius 3 is 0.716 bits per heavy atom. The summed E-state index contributed by atoms with van der Waals surface area (Å²) in [6.07, 6.45) is 52.5. The van der Waals surface area contributed by atoms with Crippen LogP contribution >= 0.6 is 15.6 Å². The van der Waals surface area contributed by atoms with E-state index in [-0.39, 0.29) is 25.7 Å². The second-order valence-electron chi connectivity index (χ2n) is 28.8. The first-order valence-corrected chi connectivity index (χ1v) is 42.3. The van der Waals surface area contributed by atoms with E-state index in [9.17, 15) is 43.2 Å². The largest absolute Gasteiger partial charge is 0.472 e. The minimum atomic E-state index is -4.96. The lowest BCUT2D eigenvalue weighted by atomic mass is 10.0.